The van der Waals surface area contributed by atoms with Crippen molar-refractivity contribution in [2.45, 2.75) is 185 Å². The van der Waals surface area contributed by atoms with Crippen molar-refractivity contribution in [3.63, 3.8) is 0 Å². The van der Waals surface area contributed by atoms with Crippen molar-refractivity contribution in [3.8, 4) is 0 Å². The van der Waals surface area contributed by atoms with Gasteiger partial charge in [-0.15, -0.1) is 0 Å². The summed E-state index contributed by atoms with van der Waals surface area (Å²) in [5, 5.41) is 50.1. The highest BCUT2D eigenvalue weighted by atomic mass is 31.2. The average Bonchev–Trinajstić information content (AvgIpc) is 3.21. The molecule has 8 atom stereocenters. The molecule has 1 aliphatic rings. The van der Waals surface area contributed by atoms with E-state index in [0.717, 1.165) is 83.5 Å². The van der Waals surface area contributed by atoms with Crippen LogP contribution in [0.15, 0.2) is 72.9 Å². The molecule has 14 heteroatoms. The molecule has 0 aromatic rings. The molecule has 1 fully saturated rings. The molecule has 59 heavy (non-hydrogen) atoms. The number of allylic oxidation sites excluding steroid dienone is 12. The van der Waals surface area contributed by atoms with E-state index >= 15 is 0 Å². The highest BCUT2D eigenvalue weighted by Crippen LogP contribution is 2.47. The van der Waals surface area contributed by atoms with E-state index in [-0.39, 0.29) is 12.8 Å². The van der Waals surface area contributed by atoms with Crippen LogP contribution in [0.4, 0.5) is 0 Å². The lowest BCUT2D eigenvalue weighted by Gasteiger charge is -2.41. The molecule has 0 spiro atoms. The summed E-state index contributed by atoms with van der Waals surface area (Å²) in [4.78, 5) is 35.6. The largest absolute Gasteiger partial charge is 0.472 e. The number of phosphoric acid groups is 1. The van der Waals surface area contributed by atoms with Gasteiger partial charge in [-0.2, -0.15) is 0 Å². The van der Waals surface area contributed by atoms with Crippen LogP contribution in [0.2, 0.25) is 0 Å². The van der Waals surface area contributed by atoms with E-state index < -0.39 is 75.7 Å². The summed E-state index contributed by atoms with van der Waals surface area (Å²) in [6, 6.07) is 0. The molecule has 0 aromatic carbocycles. The van der Waals surface area contributed by atoms with Crippen LogP contribution in [-0.4, -0.2) is 98.3 Å². The van der Waals surface area contributed by atoms with Gasteiger partial charge in [0.05, 0.1) is 6.61 Å². The van der Waals surface area contributed by atoms with E-state index in [9.17, 15) is 44.6 Å². The molecule has 0 aromatic heterocycles. The molecule has 338 valence electrons. The molecule has 6 unspecified atom stereocenters. The summed E-state index contributed by atoms with van der Waals surface area (Å²) in [6.45, 7) is 3.08. The Hall–Kier alpha value is -2.71. The van der Waals surface area contributed by atoms with E-state index in [1.165, 1.54) is 19.3 Å². The highest BCUT2D eigenvalue weighted by Gasteiger charge is 2.51. The first-order valence-corrected chi connectivity index (χ1v) is 23.3. The number of rotatable bonds is 34. The van der Waals surface area contributed by atoms with Crippen molar-refractivity contribution < 1.29 is 63.1 Å². The van der Waals surface area contributed by atoms with Gasteiger partial charge in [-0.1, -0.05) is 138 Å². The number of carbonyl (C=O) groups is 2. The molecule has 0 aliphatic heterocycles. The fourth-order valence-corrected chi connectivity index (χ4v) is 7.06. The second-order valence-corrected chi connectivity index (χ2v) is 16.3. The van der Waals surface area contributed by atoms with Crippen LogP contribution < -0.4 is 0 Å². The minimum Gasteiger partial charge on any atom is -0.462 e. The minimum absolute atomic E-state index is 0.0634. The zero-order valence-corrected chi connectivity index (χ0v) is 36.4. The first kappa shape index (κ1) is 54.3. The molecule has 1 aliphatic carbocycles. The molecule has 0 bridgehead atoms. The molecule has 1 rings (SSSR count). The number of ether oxygens (including phenoxy) is 2. The topological polar surface area (TPSA) is 210 Å². The lowest BCUT2D eigenvalue weighted by atomic mass is 9.85. The van der Waals surface area contributed by atoms with E-state index in [1.807, 2.05) is 36.5 Å². The van der Waals surface area contributed by atoms with Gasteiger partial charge in [-0.05, 0) is 64.2 Å². The first-order chi connectivity index (χ1) is 28.4. The Morgan fingerprint density at radius 2 is 1.03 bits per heavy atom. The lowest BCUT2D eigenvalue weighted by Crippen LogP contribution is -2.64. The third kappa shape index (κ3) is 27.7. The summed E-state index contributed by atoms with van der Waals surface area (Å²) >= 11 is 0. The molecule has 0 saturated heterocycles. The Bertz CT molecular complexity index is 1310. The van der Waals surface area contributed by atoms with Crippen LogP contribution in [0, 0.1) is 0 Å². The van der Waals surface area contributed by atoms with Gasteiger partial charge in [0.25, 0.3) is 0 Å². The number of phosphoric ester groups is 1. The fraction of sp³-hybridized carbons (Fsp3) is 0.689. The molecule has 0 amide bonds. The van der Waals surface area contributed by atoms with E-state index in [0.29, 0.717) is 12.8 Å². The van der Waals surface area contributed by atoms with Crippen LogP contribution in [0.5, 0.6) is 0 Å². The maximum absolute atomic E-state index is 12.8. The van der Waals surface area contributed by atoms with Gasteiger partial charge in [0.2, 0.25) is 0 Å². The van der Waals surface area contributed by atoms with Crippen LogP contribution in [0.1, 0.15) is 142 Å². The quantitative estimate of drug-likeness (QED) is 0.0120. The number of aliphatic hydroxyl groups is 5. The predicted octanol–water partition coefficient (Wildman–Crippen LogP) is 7.94. The number of hydrogen-bond acceptors (Lipinski definition) is 12. The van der Waals surface area contributed by atoms with Gasteiger partial charge in [0, 0.05) is 12.8 Å². The van der Waals surface area contributed by atoms with E-state index in [2.05, 4.69) is 50.3 Å². The number of esters is 2. The summed E-state index contributed by atoms with van der Waals surface area (Å²) in [6.07, 6.45) is 29.5. The molecular formula is C45H75O13P. The normalized spacial score (nSPS) is 23.1. The molecule has 13 nitrogen and oxygen atoms in total. The van der Waals surface area contributed by atoms with Crippen LogP contribution >= 0.6 is 7.82 Å². The van der Waals surface area contributed by atoms with E-state index in [1.54, 1.807) is 0 Å². The van der Waals surface area contributed by atoms with Crippen molar-refractivity contribution in [1.82, 2.24) is 0 Å². The fourth-order valence-electron chi connectivity index (χ4n) is 6.09. The van der Waals surface area contributed by atoms with Crippen molar-refractivity contribution in [2.75, 3.05) is 13.2 Å². The zero-order valence-electron chi connectivity index (χ0n) is 35.5. The summed E-state index contributed by atoms with van der Waals surface area (Å²) < 4.78 is 33.4. The number of unbranched alkanes of at least 4 members (excludes halogenated alkanes) is 13. The summed E-state index contributed by atoms with van der Waals surface area (Å²) in [5.74, 6) is -1.15. The minimum atomic E-state index is -5.13. The standard InChI is InChI=1S/C45H75O13P/c1-3-5-7-9-11-13-15-17-19-21-23-25-27-29-31-33-38(46)55-35-37(36-56-59(53,54)58-45-43(51)41(49)40(48)42(50)44(45)52)57-39(47)34-32-30-28-26-24-22-20-18-16-14-12-10-8-6-4-2/h6,8,10-14,16-20,37,40-45,48-52H,3-5,7,9,15,21-36H2,1-2H3,(H,53,54)/b8-6+,12-10+,13-11+,16-14+,19-17+,20-18+/t37-,40?,41-,42?,43?,44?,45?/m1/s1. The van der Waals surface area contributed by atoms with Crippen molar-refractivity contribution in [2.24, 2.45) is 0 Å². The monoisotopic (exact) mass is 854 g/mol. The Balaban J connectivity index is 2.52. The van der Waals surface area contributed by atoms with Gasteiger partial charge in [0.15, 0.2) is 6.10 Å². The zero-order chi connectivity index (χ0) is 43.6. The van der Waals surface area contributed by atoms with Crippen molar-refractivity contribution in [1.29, 1.82) is 0 Å². The SMILES string of the molecule is CC/C=C/C=C/C=C/C=C/CCCCCCCC(=O)O[C@H](COC(=O)CCCCCCC/C=C/C/C=C/CCCCC)COP(=O)(O)OC1C(O)C(O)C(O)[C@@H](O)C1O. The second kappa shape index (κ2) is 34.9. The number of hydrogen-bond donors (Lipinski definition) is 6. The Morgan fingerprint density at radius 1 is 0.559 bits per heavy atom. The molecule has 6 N–H and O–H groups in total. The number of carbonyl (C=O) groups excluding carboxylic acids is 2. The molecular weight excluding hydrogens is 779 g/mol. The maximum atomic E-state index is 12.8. The third-order valence-corrected chi connectivity index (χ3v) is 10.6. The van der Waals surface area contributed by atoms with Crippen LogP contribution in [0.3, 0.4) is 0 Å². The Labute approximate surface area is 353 Å². The average molecular weight is 855 g/mol. The lowest BCUT2D eigenvalue weighted by molar-refractivity contribution is -0.220. The number of aliphatic hydroxyl groups excluding tert-OH is 5. The Kier molecular flexibility index (Phi) is 32.2. The van der Waals surface area contributed by atoms with Crippen LogP contribution in [-0.2, 0) is 32.7 Å². The maximum Gasteiger partial charge on any atom is 0.472 e. The molecule has 0 radical (unpaired) electrons. The first-order valence-electron chi connectivity index (χ1n) is 21.8. The van der Waals surface area contributed by atoms with Gasteiger partial charge in [0.1, 0.15) is 43.2 Å². The molecule has 1 saturated carbocycles. The van der Waals surface area contributed by atoms with Gasteiger partial charge in [-0.3, -0.25) is 18.6 Å². The highest BCUT2D eigenvalue weighted by molar-refractivity contribution is 7.47. The third-order valence-electron chi connectivity index (χ3n) is 9.63. The summed E-state index contributed by atoms with van der Waals surface area (Å²) in [7, 11) is -5.13. The van der Waals surface area contributed by atoms with Gasteiger partial charge in [-0.25, -0.2) is 4.57 Å². The van der Waals surface area contributed by atoms with Crippen LogP contribution in [0.25, 0.3) is 0 Å². The second-order valence-electron chi connectivity index (χ2n) is 14.9. The van der Waals surface area contributed by atoms with Gasteiger partial charge >= 0.3 is 19.8 Å². The van der Waals surface area contributed by atoms with Gasteiger partial charge < -0.3 is 39.9 Å². The van der Waals surface area contributed by atoms with Crippen molar-refractivity contribution >= 4 is 19.8 Å². The summed E-state index contributed by atoms with van der Waals surface area (Å²) in [5.41, 5.74) is 0. The predicted molar refractivity (Wildman–Crippen MR) is 230 cm³/mol. The van der Waals surface area contributed by atoms with E-state index in [4.69, 9.17) is 18.5 Å². The Morgan fingerprint density at radius 3 is 1.61 bits per heavy atom. The molecule has 0 heterocycles. The van der Waals surface area contributed by atoms with Crippen molar-refractivity contribution in [3.05, 3.63) is 72.9 Å². The smallest absolute Gasteiger partial charge is 0.462 e.